The van der Waals surface area contributed by atoms with Gasteiger partial charge in [-0.25, -0.2) is 0 Å². The van der Waals surface area contributed by atoms with Gasteiger partial charge in [-0.05, 0) is 34.9 Å². The van der Waals surface area contributed by atoms with Crippen molar-refractivity contribution in [2.24, 2.45) is 5.41 Å². The molecule has 0 aliphatic carbocycles. The molecule has 16 heavy (non-hydrogen) atoms. The van der Waals surface area contributed by atoms with Crippen LogP contribution >= 0.6 is 0 Å². The maximum absolute atomic E-state index is 11.5. The van der Waals surface area contributed by atoms with Crippen LogP contribution in [0.4, 0.5) is 0 Å². The summed E-state index contributed by atoms with van der Waals surface area (Å²) < 4.78 is 9.87. The van der Waals surface area contributed by atoms with Crippen LogP contribution in [-0.4, -0.2) is 43.8 Å². The van der Waals surface area contributed by atoms with E-state index in [1.54, 1.807) is 39.8 Å². The normalized spacial score (nSPS) is 13.4. The van der Waals surface area contributed by atoms with Gasteiger partial charge in [-0.15, -0.1) is 0 Å². The summed E-state index contributed by atoms with van der Waals surface area (Å²) in [4.78, 5) is 24.4. The number of esters is 2. The summed E-state index contributed by atoms with van der Waals surface area (Å²) >= 11 is 0. The van der Waals surface area contributed by atoms with Crippen molar-refractivity contribution in [2.75, 3.05) is 20.6 Å². The molecule has 0 aromatic heterocycles. The Kier molecular flexibility index (Phi) is 5.44. The Balaban J connectivity index is 4.05. The fraction of sp³-hybridized carbons (Fsp3) is 0.818. The topological polar surface area (TPSA) is 55.8 Å². The monoisotopic (exact) mass is 231 g/mol. The minimum absolute atomic E-state index is 0.164. The highest BCUT2D eigenvalue weighted by Crippen LogP contribution is 2.16. The lowest BCUT2D eigenvalue weighted by Crippen LogP contribution is -2.32. The van der Waals surface area contributed by atoms with Gasteiger partial charge in [0.15, 0.2) is 0 Å². The summed E-state index contributed by atoms with van der Waals surface area (Å²) in [6, 6.07) is 0. The van der Waals surface area contributed by atoms with Crippen molar-refractivity contribution in [3.8, 4) is 0 Å². The Bertz CT molecular complexity index is 255. The number of ether oxygens (including phenoxy) is 2. The van der Waals surface area contributed by atoms with Gasteiger partial charge >= 0.3 is 11.9 Å². The molecule has 94 valence electrons. The van der Waals surface area contributed by atoms with Gasteiger partial charge in [0.2, 0.25) is 6.29 Å². The Morgan fingerprint density at radius 3 is 2.06 bits per heavy atom. The van der Waals surface area contributed by atoms with Gasteiger partial charge in [0.05, 0.1) is 12.0 Å². The molecule has 0 heterocycles. The molecule has 0 amide bonds. The highest BCUT2D eigenvalue weighted by molar-refractivity contribution is 5.76. The molecule has 0 aliphatic rings. The van der Waals surface area contributed by atoms with Crippen molar-refractivity contribution >= 4 is 11.9 Å². The second-order valence-corrected chi connectivity index (χ2v) is 4.95. The molecule has 0 bridgehead atoms. The highest BCUT2D eigenvalue weighted by atomic mass is 16.7. The Labute approximate surface area is 96.7 Å². The lowest BCUT2D eigenvalue weighted by molar-refractivity contribution is -0.190. The first kappa shape index (κ1) is 14.9. The molecule has 0 spiro atoms. The lowest BCUT2D eigenvalue weighted by atomic mass is 9.97. The van der Waals surface area contributed by atoms with Crippen molar-refractivity contribution in [1.29, 1.82) is 0 Å². The number of nitrogens with zero attached hydrogens (tertiary/aromatic N) is 1. The van der Waals surface area contributed by atoms with Crippen molar-refractivity contribution in [2.45, 2.75) is 34.0 Å². The Morgan fingerprint density at radius 2 is 1.69 bits per heavy atom. The van der Waals surface area contributed by atoms with E-state index >= 15 is 0 Å². The van der Waals surface area contributed by atoms with Crippen LogP contribution in [0, 0.1) is 5.41 Å². The molecule has 0 aromatic carbocycles. The summed E-state index contributed by atoms with van der Waals surface area (Å²) in [6.07, 6.45) is -0.848. The van der Waals surface area contributed by atoms with Crippen molar-refractivity contribution in [1.82, 2.24) is 4.90 Å². The predicted octanol–water partition coefficient (Wildman–Crippen LogP) is 1.03. The molecule has 0 saturated carbocycles. The van der Waals surface area contributed by atoms with Crippen LogP contribution < -0.4 is 0 Å². The van der Waals surface area contributed by atoms with Gasteiger partial charge in [-0.2, -0.15) is 0 Å². The zero-order chi connectivity index (χ0) is 12.9. The molecule has 0 radical (unpaired) electrons. The number of hydrogen-bond donors (Lipinski definition) is 0. The number of carbonyl (C=O) groups excluding carboxylic acids is 2. The van der Waals surface area contributed by atoms with E-state index in [2.05, 4.69) is 0 Å². The van der Waals surface area contributed by atoms with Crippen LogP contribution in [0.25, 0.3) is 0 Å². The van der Waals surface area contributed by atoms with Gasteiger partial charge in [-0.1, -0.05) is 0 Å². The van der Waals surface area contributed by atoms with E-state index in [9.17, 15) is 9.59 Å². The fourth-order valence-electron chi connectivity index (χ4n) is 0.832. The Morgan fingerprint density at radius 1 is 1.19 bits per heavy atom. The molecule has 0 aromatic rings. The third-order valence-corrected chi connectivity index (χ3v) is 1.63. The van der Waals surface area contributed by atoms with E-state index < -0.39 is 23.6 Å². The first-order chi connectivity index (χ1) is 7.12. The van der Waals surface area contributed by atoms with E-state index in [0.717, 1.165) is 0 Å². The van der Waals surface area contributed by atoms with Crippen molar-refractivity contribution in [3.63, 3.8) is 0 Å². The van der Waals surface area contributed by atoms with Crippen molar-refractivity contribution < 1.29 is 19.1 Å². The summed E-state index contributed by atoms with van der Waals surface area (Å²) in [5.74, 6) is -0.808. The van der Waals surface area contributed by atoms with E-state index in [0.29, 0.717) is 0 Å². The van der Waals surface area contributed by atoms with Crippen LogP contribution in [-0.2, 0) is 19.1 Å². The van der Waals surface area contributed by atoms with Gasteiger partial charge in [-0.3, -0.25) is 14.5 Å². The molecule has 5 nitrogen and oxygen atoms in total. The van der Waals surface area contributed by atoms with E-state index in [4.69, 9.17) is 9.47 Å². The van der Waals surface area contributed by atoms with Gasteiger partial charge in [0.1, 0.15) is 0 Å². The van der Waals surface area contributed by atoms with Crippen LogP contribution in [0.1, 0.15) is 27.7 Å². The van der Waals surface area contributed by atoms with E-state index in [1.807, 2.05) is 0 Å². The first-order valence-electron chi connectivity index (χ1n) is 5.18. The average molecular weight is 231 g/mol. The molecule has 0 saturated heterocycles. The summed E-state index contributed by atoms with van der Waals surface area (Å²) in [5.41, 5.74) is -0.595. The zero-order valence-corrected chi connectivity index (χ0v) is 10.9. The maximum atomic E-state index is 11.5. The highest BCUT2D eigenvalue weighted by Gasteiger charge is 2.26. The molecule has 0 N–H and O–H groups in total. The van der Waals surface area contributed by atoms with Gasteiger partial charge < -0.3 is 9.47 Å². The minimum Gasteiger partial charge on any atom is -0.425 e. The second-order valence-electron chi connectivity index (χ2n) is 4.95. The molecule has 0 aliphatic heterocycles. The molecule has 0 rings (SSSR count). The minimum atomic E-state index is -0.848. The van der Waals surface area contributed by atoms with Gasteiger partial charge in [0.25, 0.3) is 0 Å². The van der Waals surface area contributed by atoms with E-state index in [-0.39, 0.29) is 6.54 Å². The van der Waals surface area contributed by atoms with Gasteiger partial charge in [0, 0.05) is 6.92 Å². The van der Waals surface area contributed by atoms with Crippen LogP contribution in [0.5, 0.6) is 0 Å². The average Bonchev–Trinajstić information content (AvgIpc) is 1.98. The maximum Gasteiger partial charge on any atom is 0.323 e. The Hall–Kier alpha value is -1.10. The predicted molar refractivity (Wildman–Crippen MR) is 59.7 cm³/mol. The molecule has 5 heteroatoms. The number of rotatable bonds is 4. The molecular formula is C11H21NO4. The second kappa shape index (κ2) is 5.84. The SMILES string of the molecule is CC(OC(=O)CN(C)C)OC(=O)C(C)(C)C. The van der Waals surface area contributed by atoms with Crippen LogP contribution in [0.15, 0.2) is 0 Å². The zero-order valence-electron chi connectivity index (χ0n) is 10.9. The largest absolute Gasteiger partial charge is 0.425 e. The number of hydrogen-bond acceptors (Lipinski definition) is 5. The molecular weight excluding hydrogens is 210 g/mol. The lowest BCUT2D eigenvalue weighted by Gasteiger charge is -2.21. The van der Waals surface area contributed by atoms with E-state index in [1.165, 1.54) is 6.92 Å². The smallest absolute Gasteiger partial charge is 0.323 e. The van der Waals surface area contributed by atoms with Crippen LogP contribution in [0.2, 0.25) is 0 Å². The summed E-state index contributed by atoms with van der Waals surface area (Å²) in [7, 11) is 3.51. The summed E-state index contributed by atoms with van der Waals surface area (Å²) in [6.45, 7) is 6.91. The fourth-order valence-corrected chi connectivity index (χ4v) is 0.832. The molecule has 1 unspecified atom stereocenters. The number of carbonyl (C=O) groups is 2. The third-order valence-electron chi connectivity index (χ3n) is 1.63. The molecule has 0 fully saturated rings. The standard InChI is InChI=1S/C11H21NO4/c1-8(15-9(13)7-12(5)6)16-10(14)11(2,3)4/h8H,7H2,1-6H3. The first-order valence-corrected chi connectivity index (χ1v) is 5.18. The number of likely N-dealkylation sites (N-methyl/N-ethyl adjacent to an activating group) is 1. The third kappa shape index (κ3) is 6.40. The summed E-state index contributed by atoms with van der Waals surface area (Å²) in [5, 5.41) is 0. The van der Waals surface area contributed by atoms with Crippen molar-refractivity contribution in [3.05, 3.63) is 0 Å². The quantitative estimate of drug-likeness (QED) is 0.534. The molecule has 1 atom stereocenters. The van der Waals surface area contributed by atoms with Crippen LogP contribution in [0.3, 0.4) is 0 Å².